The number of ether oxygens (including phenoxy) is 1. The van der Waals surface area contributed by atoms with Crippen LogP contribution in [0.2, 0.25) is 0 Å². The number of para-hydroxylation sites is 1. The van der Waals surface area contributed by atoms with Crippen LogP contribution in [-0.2, 0) is 0 Å². The van der Waals surface area contributed by atoms with Gasteiger partial charge in [0.15, 0.2) is 5.11 Å². The van der Waals surface area contributed by atoms with E-state index in [-0.39, 0.29) is 0 Å². The van der Waals surface area contributed by atoms with Crippen molar-refractivity contribution < 1.29 is 4.74 Å². The molecular weight excluding hydrogens is 234 g/mol. The number of nitrogens with one attached hydrogen (secondary N) is 2. The first-order valence-electron chi connectivity index (χ1n) is 5.50. The monoisotopic (exact) mass is 251 g/mol. The molecule has 1 rings (SSSR count). The van der Waals surface area contributed by atoms with E-state index in [0.29, 0.717) is 11.7 Å². The van der Waals surface area contributed by atoms with Crippen molar-refractivity contribution in [3.05, 3.63) is 29.8 Å². The van der Waals surface area contributed by atoms with E-state index in [2.05, 4.69) is 22.8 Å². The lowest BCUT2D eigenvalue weighted by Gasteiger charge is -2.07. The Morgan fingerprint density at radius 3 is 2.94 bits per heavy atom. The van der Waals surface area contributed by atoms with Gasteiger partial charge in [0, 0.05) is 12.6 Å². The summed E-state index contributed by atoms with van der Waals surface area (Å²) in [6.07, 6.45) is 2.67. The summed E-state index contributed by atoms with van der Waals surface area (Å²) < 4.78 is 5.60. The van der Waals surface area contributed by atoms with E-state index < -0.39 is 0 Å². The molecule has 0 bridgehead atoms. The van der Waals surface area contributed by atoms with Crippen molar-refractivity contribution >= 4 is 23.5 Å². The zero-order valence-corrected chi connectivity index (χ0v) is 10.9. The quantitative estimate of drug-likeness (QED) is 0.477. The second-order valence-corrected chi connectivity index (χ2v) is 3.74. The van der Waals surface area contributed by atoms with Crippen molar-refractivity contribution in [3.8, 4) is 5.75 Å². The fourth-order valence-electron chi connectivity index (χ4n) is 1.15. The number of benzene rings is 1. The minimum atomic E-state index is 0.480. The molecule has 0 unspecified atom stereocenters. The second kappa shape index (κ2) is 7.62. The first kappa shape index (κ1) is 13.4. The fraction of sp³-hybridized carbons (Fsp3) is 0.333. The second-order valence-electron chi connectivity index (χ2n) is 3.34. The van der Waals surface area contributed by atoms with Crippen molar-refractivity contribution in [3.63, 3.8) is 0 Å². The standard InChI is InChI=1S/C12H17N3OS/c1-3-8-16-11-7-5-4-6-10(11)9-14-15-12(17)13-2/h4-7,9H,3,8H2,1-2H3,(H2,13,15,17)/b14-9+. The van der Waals surface area contributed by atoms with Crippen LogP contribution in [0.25, 0.3) is 0 Å². The molecule has 2 N–H and O–H groups in total. The summed E-state index contributed by atoms with van der Waals surface area (Å²) in [7, 11) is 1.74. The molecule has 17 heavy (non-hydrogen) atoms. The van der Waals surface area contributed by atoms with Gasteiger partial charge in [-0.25, -0.2) is 0 Å². The van der Waals surface area contributed by atoms with Gasteiger partial charge in [-0.05, 0) is 30.8 Å². The molecule has 1 aromatic rings. The number of rotatable bonds is 5. The van der Waals surface area contributed by atoms with Crippen molar-refractivity contribution in [2.24, 2.45) is 5.10 Å². The summed E-state index contributed by atoms with van der Waals surface area (Å²) in [6, 6.07) is 7.75. The Kier molecular flexibility index (Phi) is 6.03. The molecule has 5 heteroatoms. The van der Waals surface area contributed by atoms with Crippen molar-refractivity contribution in [2.75, 3.05) is 13.7 Å². The van der Waals surface area contributed by atoms with E-state index in [9.17, 15) is 0 Å². The van der Waals surface area contributed by atoms with E-state index in [1.807, 2.05) is 24.3 Å². The Labute approximate surface area is 107 Å². The van der Waals surface area contributed by atoms with Crippen molar-refractivity contribution in [2.45, 2.75) is 13.3 Å². The summed E-state index contributed by atoms with van der Waals surface area (Å²) in [4.78, 5) is 0. The summed E-state index contributed by atoms with van der Waals surface area (Å²) in [5.41, 5.74) is 3.62. The van der Waals surface area contributed by atoms with Gasteiger partial charge in [0.2, 0.25) is 0 Å². The maximum absolute atomic E-state index is 5.60. The van der Waals surface area contributed by atoms with Crippen LogP contribution >= 0.6 is 12.2 Å². The smallest absolute Gasteiger partial charge is 0.186 e. The molecule has 0 aliphatic heterocycles. The SMILES string of the molecule is CCCOc1ccccc1/C=N/NC(=S)NC. The Balaban J connectivity index is 2.65. The van der Waals surface area contributed by atoms with Crippen LogP contribution < -0.4 is 15.5 Å². The summed E-state index contributed by atoms with van der Waals surface area (Å²) in [5.74, 6) is 0.829. The summed E-state index contributed by atoms with van der Waals surface area (Å²) in [5, 5.41) is 7.28. The molecule has 0 fully saturated rings. The van der Waals surface area contributed by atoms with E-state index in [4.69, 9.17) is 17.0 Å². The Morgan fingerprint density at radius 2 is 2.24 bits per heavy atom. The van der Waals surface area contributed by atoms with Crippen LogP contribution in [0.4, 0.5) is 0 Å². The molecule has 0 saturated carbocycles. The molecule has 0 aromatic heterocycles. The van der Waals surface area contributed by atoms with Gasteiger partial charge in [0.1, 0.15) is 5.75 Å². The van der Waals surface area contributed by atoms with E-state index >= 15 is 0 Å². The maximum atomic E-state index is 5.60. The number of nitrogens with zero attached hydrogens (tertiary/aromatic N) is 1. The molecule has 1 aromatic carbocycles. The highest BCUT2D eigenvalue weighted by Gasteiger charge is 1.99. The highest BCUT2D eigenvalue weighted by Crippen LogP contribution is 2.15. The first-order valence-corrected chi connectivity index (χ1v) is 5.91. The minimum Gasteiger partial charge on any atom is -0.493 e. The highest BCUT2D eigenvalue weighted by atomic mass is 32.1. The largest absolute Gasteiger partial charge is 0.493 e. The van der Waals surface area contributed by atoms with E-state index in [1.165, 1.54) is 0 Å². The van der Waals surface area contributed by atoms with Gasteiger partial charge in [-0.2, -0.15) is 5.10 Å². The van der Waals surface area contributed by atoms with Crippen molar-refractivity contribution in [1.29, 1.82) is 0 Å². The van der Waals surface area contributed by atoms with Crippen LogP contribution in [0, 0.1) is 0 Å². The third-order valence-electron chi connectivity index (χ3n) is 1.98. The predicted octanol–water partition coefficient (Wildman–Crippen LogP) is 1.90. The topological polar surface area (TPSA) is 45.6 Å². The molecule has 0 spiro atoms. The fourth-order valence-corrected chi connectivity index (χ4v) is 1.20. The number of thiocarbonyl (C=S) groups is 1. The summed E-state index contributed by atoms with van der Waals surface area (Å²) in [6.45, 7) is 2.77. The zero-order valence-electron chi connectivity index (χ0n) is 10.1. The number of hydrogen-bond acceptors (Lipinski definition) is 3. The van der Waals surface area contributed by atoms with Crippen LogP contribution in [0.5, 0.6) is 5.75 Å². The number of hydrogen-bond donors (Lipinski definition) is 2. The normalized spacial score (nSPS) is 10.2. The molecule has 0 amide bonds. The van der Waals surface area contributed by atoms with Gasteiger partial charge >= 0.3 is 0 Å². The van der Waals surface area contributed by atoms with Gasteiger partial charge in [0.25, 0.3) is 0 Å². The molecule has 0 aliphatic carbocycles. The Hall–Kier alpha value is -1.62. The number of hydrazone groups is 1. The third kappa shape index (κ3) is 4.82. The Morgan fingerprint density at radius 1 is 1.47 bits per heavy atom. The molecule has 4 nitrogen and oxygen atoms in total. The van der Waals surface area contributed by atoms with Gasteiger partial charge in [0.05, 0.1) is 12.8 Å². The zero-order chi connectivity index (χ0) is 12.5. The maximum Gasteiger partial charge on any atom is 0.186 e. The molecule has 0 aliphatic rings. The van der Waals surface area contributed by atoms with Crippen molar-refractivity contribution in [1.82, 2.24) is 10.7 Å². The van der Waals surface area contributed by atoms with Crippen LogP contribution in [-0.4, -0.2) is 25.0 Å². The van der Waals surface area contributed by atoms with E-state index in [1.54, 1.807) is 13.3 Å². The highest BCUT2D eigenvalue weighted by molar-refractivity contribution is 7.80. The summed E-state index contributed by atoms with van der Waals surface area (Å²) >= 11 is 4.91. The van der Waals surface area contributed by atoms with Gasteiger partial charge < -0.3 is 10.1 Å². The molecule has 92 valence electrons. The molecule has 0 radical (unpaired) electrons. The first-order chi connectivity index (χ1) is 8.27. The lowest BCUT2D eigenvalue weighted by molar-refractivity contribution is 0.317. The van der Waals surface area contributed by atoms with Gasteiger partial charge in [-0.1, -0.05) is 19.1 Å². The molecule has 0 heterocycles. The average molecular weight is 251 g/mol. The van der Waals surface area contributed by atoms with Gasteiger partial charge in [-0.15, -0.1) is 0 Å². The third-order valence-corrected chi connectivity index (χ3v) is 2.27. The lowest BCUT2D eigenvalue weighted by atomic mass is 10.2. The van der Waals surface area contributed by atoms with Crippen LogP contribution in [0.15, 0.2) is 29.4 Å². The lowest BCUT2D eigenvalue weighted by Crippen LogP contribution is -2.28. The molecule has 0 saturated heterocycles. The van der Waals surface area contributed by atoms with Gasteiger partial charge in [-0.3, -0.25) is 5.43 Å². The Bertz CT molecular complexity index is 393. The van der Waals surface area contributed by atoms with Crippen LogP contribution in [0.3, 0.4) is 0 Å². The van der Waals surface area contributed by atoms with E-state index in [0.717, 1.165) is 17.7 Å². The predicted molar refractivity (Wildman–Crippen MR) is 74.6 cm³/mol. The minimum absolute atomic E-state index is 0.480. The molecular formula is C12H17N3OS. The van der Waals surface area contributed by atoms with Crippen LogP contribution in [0.1, 0.15) is 18.9 Å². The average Bonchev–Trinajstić information content (AvgIpc) is 2.37. The molecule has 0 atom stereocenters.